The van der Waals surface area contributed by atoms with Gasteiger partial charge in [-0.05, 0) is 74.4 Å². The Kier molecular flexibility index (Phi) is 27.9. The van der Waals surface area contributed by atoms with Crippen molar-refractivity contribution < 1.29 is 10.2 Å². The first kappa shape index (κ1) is 33.2. The van der Waals surface area contributed by atoms with Crippen molar-refractivity contribution >= 4 is 0 Å². The first-order valence-corrected chi connectivity index (χ1v) is 13.8. The van der Waals surface area contributed by atoms with E-state index in [1.54, 1.807) is 6.08 Å². The molecule has 0 saturated heterocycles. The third kappa shape index (κ3) is 29.2. The molecule has 0 heterocycles. The minimum absolute atomic E-state index is 0.154. The maximum absolute atomic E-state index is 9.22. The molecule has 0 radical (unpaired) electrons. The van der Waals surface area contributed by atoms with Crippen LogP contribution in [-0.4, -0.2) is 22.9 Å². The van der Waals surface area contributed by atoms with Crippen LogP contribution >= 0.6 is 0 Å². The normalized spacial score (nSPS) is 10.8. The molecule has 0 amide bonds. The van der Waals surface area contributed by atoms with Gasteiger partial charge in [-0.1, -0.05) is 106 Å². The molecule has 36 heavy (non-hydrogen) atoms. The molecule has 0 fully saturated rings. The Labute approximate surface area is 222 Å². The highest BCUT2D eigenvalue weighted by atomic mass is 16.3. The second kappa shape index (κ2) is 30.2. The number of aliphatic hydroxyl groups is 2. The van der Waals surface area contributed by atoms with Crippen LogP contribution in [-0.2, 0) is 0 Å². The van der Waals surface area contributed by atoms with Crippen molar-refractivity contribution in [3.63, 3.8) is 0 Å². The van der Waals surface area contributed by atoms with Crippen molar-refractivity contribution in [2.24, 2.45) is 0 Å². The van der Waals surface area contributed by atoms with E-state index in [0.717, 1.165) is 32.1 Å². The monoisotopic (exact) mass is 486 g/mol. The fourth-order valence-electron chi connectivity index (χ4n) is 3.53. The van der Waals surface area contributed by atoms with Gasteiger partial charge in [-0.25, -0.2) is 0 Å². The number of unbranched alkanes of at least 4 members (excludes halogenated alkanes) is 16. The summed E-state index contributed by atoms with van der Waals surface area (Å²) in [6.07, 6.45) is 34.0. The van der Waals surface area contributed by atoms with Crippen LogP contribution in [0.5, 0.6) is 0 Å². The van der Waals surface area contributed by atoms with Gasteiger partial charge in [-0.15, -0.1) is 6.42 Å². The Morgan fingerprint density at radius 3 is 1.67 bits per heavy atom. The topological polar surface area (TPSA) is 40.5 Å². The number of aliphatic hydroxyl groups excluding tert-OH is 2. The summed E-state index contributed by atoms with van der Waals surface area (Å²) in [6.45, 7) is -0.154. The standard InChI is InChI=1S/C34H46O2/c1-2-34(36)32-30-28-26-24-22-20-18-16-14-12-10-8-6-4-3-5-7-9-11-13-15-17-19-21-23-25-27-29-31-33-35/h1,8,10,30,32,34-36H,3,5,7,9,11-20,22,24,26,28,33H2. The molecule has 0 aliphatic rings. The summed E-state index contributed by atoms with van der Waals surface area (Å²) in [5.41, 5.74) is 0. The number of hydrogen-bond donors (Lipinski definition) is 2. The molecule has 0 bridgehead atoms. The predicted molar refractivity (Wildman–Crippen MR) is 154 cm³/mol. The molecule has 2 nitrogen and oxygen atoms in total. The average molecular weight is 487 g/mol. The molecule has 0 aromatic carbocycles. The van der Waals surface area contributed by atoms with Crippen LogP contribution in [0, 0.1) is 59.7 Å². The summed E-state index contributed by atoms with van der Waals surface area (Å²) >= 11 is 0. The second-order valence-corrected chi connectivity index (χ2v) is 8.80. The molecular weight excluding hydrogens is 440 g/mol. The van der Waals surface area contributed by atoms with Gasteiger partial charge < -0.3 is 10.2 Å². The Hall–Kier alpha value is -2.80. The minimum Gasteiger partial charge on any atom is -0.384 e. The highest BCUT2D eigenvalue weighted by Gasteiger charge is 1.93. The van der Waals surface area contributed by atoms with Crippen LogP contribution in [0.25, 0.3) is 0 Å². The third-order valence-corrected chi connectivity index (χ3v) is 5.58. The summed E-state index contributed by atoms with van der Waals surface area (Å²) in [7, 11) is 0. The molecule has 0 spiro atoms. The highest BCUT2D eigenvalue weighted by Crippen LogP contribution is 2.11. The van der Waals surface area contributed by atoms with Gasteiger partial charge in [0.05, 0.1) is 0 Å². The van der Waals surface area contributed by atoms with Crippen LogP contribution in [0.4, 0.5) is 0 Å². The van der Waals surface area contributed by atoms with Gasteiger partial charge in [-0.3, -0.25) is 0 Å². The zero-order chi connectivity index (χ0) is 26.2. The van der Waals surface area contributed by atoms with Gasteiger partial charge in [0.25, 0.3) is 0 Å². The van der Waals surface area contributed by atoms with Crippen LogP contribution in [0.3, 0.4) is 0 Å². The van der Waals surface area contributed by atoms with Gasteiger partial charge in [0.1, 0.15) is 12.7 Å². The lowest BCUT2D eigenvalue weighted by atomic mass is 10.1. The molecule has 2 heteroatoms. The molecule has 0 aliphatic carbocycles. The molecule has 1 unspecified atom stereocenters. The maximum atomic E-state index is 9.22. The fraction of sp³-hybridized carbons (Fsp3) is 0.588. The van der Waals surface area contributed by atoms with Crippen molar-refractivity contribution in [1.82, 2.24) is 0 Å². The molecule has 0 aromatic heterocycles. The zero-order valence-electron chi connectivity index (χ0n) is 22.3. The number of rotatable bonds is 19. The quantitative estimate of drug-likeness (QED) is 0.116. The van der Waals surface area contributed by atoms with Crippen molar-refractivity contribution in [3.05, 3.63) is 24.3 Å². The molecular formula is C34H46O2. The lowest BCUT2D eigenvalue weighted by Crippen LogP contribution is -1.95. The molecule has 1 atom stereocenters. The largest absolute Gasteiger partial charge is 0.384 e. The van der Waals surface area contributed by atoms with E-state index >= 15 is 0 Å². The van der Waals surface area contributed by atoms with Crippen molar-refractivity contribution in [2.45, 2.75) is 122 Å². The third-order valence-electron chi connectivity index (χ3n) is 5.58. The summed E-state index contributed by atoms with van der Waals surface area (Å²) in [5.74, 6) is 24.8. The zero-order valence-corrected chi connectivity index (χ0v) is 22.3. The molecule has 0 aromatic rings. The van der Waals surface area contributed by atoms with Crippen molar-refractivity contribution in [2.75, 3.05) is 6.61 Å². The van der Waals surface area contributed by atoms with E-state index in [-0.39, 0.29) is 6.61 Å². The van der Waals surface area contributed by atoms with E-state index in [2.05, 4.69) is 59.4 Å². The number of hydrogen-bond acceptors (Lipinski definition) is 2. The van der Waals surface area contributed by atoms with E-state index in [9.17, 15) is 5.11 Å². The Balaban J connectivity index is 3.35. The SMILES string of the molecule is C#CC(O)C=CCCCCCCCCCC=CC#CCCCCCCCCCC#CC#CC#CCO. The van der Waals surface area contributed by atoms with Crippen LogP contribution < -0.4 is 0 Å². The molecule has 0 rings (SSSR count). The average Bonchev–Trinajstić information content (AvgIpc) is 2.89. The van der Waals surface area contributed by atoms with E-state index in [1.807, 2.05) is 12.2 Å². The summed E-state index contributed by atoms with van der Waals surface area (Å²) in [4.78, 5) is 0. The van der Waals surface area contributed by atoms with Gasteiger partial charge in [0, 0.05) is 12.8 Å². The number of allylic oxidation sites excluding steroid dienone is 3. The number of terminal acetylenes is 1. The first-order valence-electron chi connectivity index (χ1n) is 13.8. The molecule has 194 valence electrons. The summed E-state index contributed by atoms with van der Waals surface area (Å²) in [6, 6.07) is 0. The van der Waals surface area contributed by atoms with Crippen LogP contribution in [0.1, 0.15) is 116 Å². The van der Waals surface area contributed by atoms with E-state index in [4.69, 9.17) is 11.5 Å². The van der Waals surface area contributed by atoms with E-state index in [1.165, 1.54) is 83.5 Å². The fourth-order valence-corrected chi connectivity index (χ4v) is 3.53. The van der Waals surface area contributed by atoms with Gasteiger partial charge in [0.2, 0.25) is 0 Å². The molecule has 2 N–H and O–H groups in total. The van der Waals surface area contributed by atoms with Crippen LogP contribution in [0.2, 0.25) is 0 Å². The lowest BCUT2D eigenvalue weighted by Gasteiger charge is -2.00. The van der Waals surface area contributed by atoms with Crippen molar-refractivity contribution in [3.8, 4) is 59.7 Å². The van der Waals surface area contributed by atoms with Gasteiger partial charge >= 0.3 is 0 Å². The first-order chi connectivity index (χ1) is 17.8. The summed E-state index contributed by atoms with van der Waals surface area (Å²) < 4.78 is 0. The van der Waals surface area contributed by atoms with Gasteiger partial charge in [-0.2, -0.15) is 0 Å². The smallest absolute Gasteiger partial charge is 0.133 e. The van der Waals surface area contributed by atoms with Crippen LogP contribution in [0.15, 0.2) is 24.3 Å². The Morgan fingerprint density at radius 1 is 0.583 bits per heavy atom. The molecule has 0 aliphatic heterocycles. The van der Waals surface area contributed by atoms with Gasteiger partial charge in [0.15, 0.2) is 0 Å². The second-order valence-electron chi connectivity index (χ2n) is 8.80. The van der Waals surface area contributed by atoms with E-state index in [0.29, 0.717) is 0 Å². The van der Waals surface area contributed by atoms with E-state index < -0.39 is 6.10 Å². The Morgan fingerprint density at radius 2 is 1.08 bits per heavy atom. The van der Waals surface area contributed by atoms with Crippen molar-refractivity contribution in [1.29, 1.82) is 0 Å². The Bertz CT molecular complexity index is 856. The molecule has 0 saturated carbocycles. The minimum atomic E-state index is -0.730. The predicted octanol–water partition coefficient (Wildman–Crippen LogP) is 7.12. The maximum Gasteiger partial charge on any atom is 0.133 e. The highest BCUT2D eigenvalue weighted by molar-refractivity contribution is 5.35. The lowest BCUT2D eigenvalue weighted by molar-refractivity contribution is 0.280. The summed E-state index contributed by atoms with van der Waals surface area (Å²) in [5, 5.41) is 17.7.